The molecule has 0 saturated heterocycles. The Bertz CT molecular complexity index is 740. The van der Waals surface area contributed by atoms with Gasteiger partial charge < -0.3 is 14.6 Å². The molecule has 6 nitrogen and oxygen atoms in total. The van der Waals surface area contributed by atoms with Gasteiger partial charge in [0.2, 0.25) is 5.91 Å². The predicted molar refractivity (Wildman–Crippen MR) is 84.0 cm³/mol. The highest BCUT2D eigenvalue weighted by atomic mass is 16.5. The van der Waals surface area contributed by atoms with Crippen LogP contribution >= 0.6 is 0 Å². The quantitative estimate of drug-likeness (QED) is 0.911. The van der Waals surface area contributed by atoms with Gasteiger partial charge in [-0.05, 0) is 36.5 Å². The Labute approximate surface area is 134 Å². The first kappa shape index (κ1) is 14.2. The third kappa shape index (κ3) is 2.69. The SMILES string of the molecule is COc1cccc(C2CC2C(=O)NCc2nnc3n2CCC3)c1. The predicted octanol–water partition coefficient (Wildman–Crippen LogP) is 1.65. The molecule has 2 aromatic rings. The summed E-state index contributed by atoms with van der Waals surface area (Å²) in [6.45, 7) is 1.43. The lowest BCUT2D eigenvalue weighted by molar-refractivity contribution is -0.122. The van der Waals surface area contributed by atoms with Crippen molar-refractivity contribution in [2.45, 2.75) is 38.3 Å². The van der Waals surface area contributed by atoms with E-state index in [0.717, 1.165) is 43.2 Å². The second kappa shape index (κ2) is 5.68. The molecule has 0 radical (unpaired) electrons. The van der Waals surface area contributed by atoms with Crippen molar-refractivity contribution < 1.29 is 9.53 Å². The molecule has 1 amide bonds. The number of aryl methyl sites for hydroxylation is 1. The number of hydrogen-bond acceptors (Lipinski definition) is 4. The number of amides is 1. The zero-order valence-electron chi connectivity index (χ0n) is 13.2. The molecule has 0 spiro atoms. The first-order valence-corrected chi connectivity index (χ1v) is 8.09. The highest BCUT2D eigenvalue weighted by molar-refractivity contribution is 5.82. The van der Waals surface area contributed by atoms with Gasteiger partial charge in [-0.1, -0.05) is 12.1 Å². The van der Waals surface area contributed by atoms with Crippen molar-refractivity contribution in [3.8, 4) is 5.75 Å². The lowest BCUT2D eigenvalue weighted by atomic mass is 10.1. The highest BCUT2D eigenvalue weighted by Crippen LogP contribution is 2.48. The van der Waals surface area contributed by atoms with Gasteiger partial charge in [0.15, 0.2) is 5.82 Å². The number of carbonyl (C=O) groups excluding carboxylic acids is 1. The molecule has 0 bridgehead atoms. The van der Waals surface area contributed by atoms with E-state index in [1.807, 2.05) is 18.2 Å². The van der Waals surface area contributed by atoms with E-state index in [9.17, 15) is 4.79 Å². The van der Waals surface area contributed by atoms with Crippen LogP contribution in [0.2, 0.25) is 0 Å². The first-order chi connectivity index (χ1) is 11.3. The second-order valence-electron chi connectivity index (χ2n) is 6.23. The molecule has 1 aromatic carbocycles. The number of ether oxygens (including phenoxy) is 1. The number of rotatable bonds is 5. The molecule has 120 valence electrons. The minimum absolute atomic E-state index is 0.0584. The van der Waals surface area contributed by atoms with E-state index in [4.69, 9.17) is 4.74 Å². The first-order valence-electron chi connectivity index (χ1n) is 8.09. The third-order valence-corrected chi connectivity index (χ3v) is 4.76. The van der Waals surface area contributed by atoms with Crippen LogP contribution in [0, 0.1) is 5.92 Å². The molecule has 1 saturated carbocycles. The molecule has 4 rings (SSSR count). The van der Waals surface area contributed by atoms with Crippen LogP contribution in [0.25, 0.3) is 0 Å². The van der Waals surface area contributed by atoms with Crippen LogP contribution in [0.3, 0.4) is 0 Å². The summed E-state index contributed by atoms with van der Waals surface area (Å²) in [7, 11) is 1.66. The van der Waals surface area contributed by atoms with Gasteiger partial charge in [0.25, 0.3) is 0 Å². The van der Waals surface area contributed by atoms with Crippen LogP contribution in [-0.2, 0) is 24.3 Å². The van der Waals surface area contributed by atoms with Crippen molar-refractivity contribution in [1.82, 2.24) is 20.1 Å². The van der Waals surface area contributed by atoms with E-state index >= 15 is 0 Å². The fraction of sp³-hybridized carbons (Fsp3) is 0.471. The zero-order chi connectivity index (χ0) is 15.8. The molecule has 6 heteroatoms. The summed E-state index contributed by atoms with van der Waals surface area (Å²) < 4.78 is 7.37. The largest absolute Gasteiger partial charge is 0.497 e. The van der Waals surface area contributed by atoms with Gasteiger partial charge in [-0.2, -0.15) is 0 Å². The number of nitrogens with zero attached hydrogens (tertiary/aromatic N) is 3. The summed E-state index contributed by atoms with van der Waals surface area (Å²) in [6.07, 6.45) is 3.00. The van der Waals surface area contributed by atoms with Gasteiger partial charge >= 0.3 is 0 Å². The molecule has 1 aliphatic heterocycles. The number of benzene rings is 1. The van der Waals surface area contributed by atoms with E-state index in [2.05, 4.69) is 26.1 Å². The number of fused-ring (bicyclic) bond motifs is 1. The van der Waals surface area contributed by atoms with E-state index in [-0.39, 0.29) is 11.8 Å². The summed E-state index contributed by atoms with van der Waals surface area (Å²) in [5, 5.41) is 11.3. The Morgan fingerprint density at radius 3 is 3.22 bits per heavy atom. The molecule has 2 heterocycles. The van der Waals surface area contributed by atoms with Crippen LogP contribution in [0.5, 0.6) is 5.75 Å². The van der Waals surface area contributed by atoms with Crippen LogP contribution in [0.4, 0.5) is 0 Å². The lowest BCUT2D eigenvalue weighted by Gasteiger charge is -2.06. The average Bonchev–Trinajstić information content (AvgIpc) is 3.09. The molecule has 2 atom stereocenters. The van der Waals surface area contributed by atoms with E-state index in [1.165, 1.54) is 5.56 Å². The topological polar surface area (TPSA) is 69.0 Å². The number of hydrogen-bond donors (Lipinski definition) is 1. The van der Waals surface area contributed by atoms with Crippen LogP contribution < -0.4 is 10.1 Å². The molecule has 1 aliphatic carbocycles. The van der Waals surface area contributed by atoms with Gasteiger partial charge in [0.1, 0.15) is 11.6 Å². The van der Waals surface area contributed by atoms with Gasteiger partial charge in [0.05, 0.1) is 13.7 Å². The summed E-state index contributed by atoms with van der Waals surface area (Å²) >= 11 is 0. The van der Waals surface area contributed by atoms with Crippen molar-refractivity contribution >= 4 is 5.91 Å². The minimum Gasteiger partial charge on any atom is -0.497 e. The van der Waals surface area contributed by atoms with E-state index in [0.29, 0.717) is 12.5 Å². The van der Waals surface area contributed by atoms with Crippen molar-refractivity contribution in [3.63, 3.8) is 0 Å². The van der Waals surface area contributed by atoms with E-state index < -0.39 is 0 Å². The number of carbonyl (C=O) groups is 1. The third-order valence-electron chi connectivity index (χ3n) is 4.76. The van der Waals surface area contributed by atoms with Gasteiger partial charge in [0, 0.05) is 18.9 Å². The molecule has 23 heavy (non-hydrogen) atoms. The summed E-state index contributed by atoms with van der Waals surface area (Å²) in [5.74, 6) is 3.21. The fourth-order valence-corrected chi connectivity index (χ4v) is 3.36. The van der Waals surface area contributed by atoms with Crippen molar-refractivity contribution in [1.29, 1.82) is 0 Å². The lowest BCUT2D eigenvalue weighted by Crippen LogP contribution is -2.26. The van der Waals surface area contributed by atoms with Crippen LogP contribution in [-0.4, -0.2) is 27.8 Å². The molecule has 1 aromatic heterocycles. The monoisotopic (exact) mass is 312 g/mol. The number of aromatic nitrogens is 3. The second-order valence-corrected chi connectivity index (χ2v) is 6.23. The maximum atomic E-state index is 12.3. The Morgan fingerprint density at radius 2 is 2.35 bits per heavy atom. The minimum atomic E-state index is 0.0584. The summed E-state index contributed by atoms with van der Waals surface area (Å²) in [6, 6.07) is 7.98. The zero-order valence-corrected chi connectivity index (χ0v) is 13.2. The fourth-order valence-electron chi connectivity index (χ4n) is 3.36. The highest BCUT2D eigenvalue weighted by Gasteiger charge is 2.44. The van der Waals surface area contributed by atoms with E-state index in [1.54, 1.807) is 7.11 Å². The maximum Gasteiger partial charge on any atom is 0.224 e. The smallest absolute Gasteiger partial charge is 0.224 e. The van der Waals surface area contributed by atoms with Crippen molar-refractivity contribution in [2.75, 3.05) is 7.11 Å². The van der Waals surface area contributed by atoms with Gasteiger partial charge in [-0.25, -0.2) is 0 Å². The molecule has 2 aliphatic rings. The van der Waals surface area contributed by atoms with Crippen LogP contribution in [0.15, 0.2) is 24.3 Å². The van der Waals surface area contributed by atoms with Gasteiger partial charge in [-0.15, -0.1) is 10.2 Å². The molecule has 2 unspecified atom stereocenters. The van der Waals surface area contributed by atoms with Crippen molar-refractivity contribution in [3.05, 3.63) is 41.5 Å². The normalized spacial score (nSPS) is 21.8. The maximum absolute atomic E-state index is 12.3. The molecular weight excluding hydrogens is 292 g/mol. The summed E-state index contributed by atoms with van der Waals surface area (Å²) in [4.78, 5) is 12.3. The molecular formula is C17H20N4O2. The average molecular weight is 312 g/mol. The molecule has 1 fully saturated rings. The summed E-state index contributed by atoms with van der Waals surface area (Å²) in [5.41, 5.74) is 1.17. The Morgan fingerprint density at radius 1 is 1.43 bits per heavy atom. The Balaban J connectivity index is 1.35. The number of methoxy groups -OCH3 is 1. The number of nitrogens with one attached hydrogen (secondary N) is 1. The van der Waals surface area contributed by atoms with Gasteiger partial charge in [-0.3, -0.25) is 4.79 Å². The van der Waals surface area contributed by atoms with Crippen molar-refractivity contribution in [2.24, 2.45) is 5.92 Å². The standard InChI is InChI=1S/C17H20N4O2/c1-23-12-5-2-4-11(8-12)13-9-14(13)17(22)18-10-16-20-19-15-6-3-7-21(15)16/h2,4-5,8,13-14H,3,6-7,9-10H2,1H3,(H,18,22). The molecule has 1 N–H and O–H groups in total. The Kier molecular flexibility index (Phi) is 3.52. The van der Waals surface area contributed by atoms with Crippen LogP contribution in [0.1, 0.15) is 36.0 Å². The Hall–Kier alpha value is -2.37.